The van der Waals surface area contributed by atoms with Gasteiger partial charge in [-0.3, -0.25) is 0 Å². The van der Waals surface area contributed by atoms with Gasteiger partial charge in [-0.1, -0.05) is 19.8 Å². The van der Waals surface area contributed by atoms with Gasteiger partial charge in [0.15, 0.2) is 5.82 Å². The number of anilines is 1. The zero-order valence-electron chi connectivity index (χ0n) is 13.3. The van der Waals surface area contributed by atoms with E-state index in [4.69, 9.17) is 0 Å². The molecule has 0 unspecified atom stereocenters. The monoisotopic (exact) mass is 288 g/mol. The second-order valence-electron chi connectivity index (χ2n) is 6.75. The first-order valence-corrected chi connectivity index (χ1v) is 8.60. The maximum atomic E-state index is 4.43. The van der Waals surface area contributed by atoms with Gasteiger partial charge in [0.25, 0.3) is 0 Å². The molecule has 4 nitrogen and oxygen atoms in total. The van der Waals surface area contributed by atoms with Gasteiger partial charge in [0.1, 0.15) is 0 Å². The Morgan fingerprint density at radius 2 is 1.86 bits per heavy atom. The van der Waals surface area contributed by atoms with Crippen LogP contribution in [0.3, 0.4) is 0 Å². The summed E-state index contributed by atoms with van der Waals surface area (Å²) in [5.74, 6) is 1.06. The molecule has 0 amide bonds. The third kappa shape index (κ3) is 3.54. The van der Waals surface area contributed by atoms with Crippen molar-refractivity contribution in [2.45, 2.75) is 58.4 Å². The molecule has 0 bridgehead atoms. The minimum atomic E-state index is 0.675. The van der Waals surface area contributed by atoms with Crippen molar-refractivity contribution in [3.05, 3.63) is 17.8 Å². The largest absolute Gasteiger partial charge is 0.355 e. The van der Waals surface area contributed by atoms with Crippen LogP contribution >= 0.6 is 0 Å². The second kappa shape index (κ2) is 6.73. The molecule has 2 fully saturated rings. The van der Waals surface area contributed by atoms with E-state index in [2.05, 4.69) is 39.5 Å². The lowest BCUT2D eigenvalue weighted by Crippen LogP contribution is -2.39. The van der Waals surface area contributed by atoms with Gasteiger partial charge in [0.05, 0.1) is 5.69 Å². The van der Waals surface area contributed by atoms with Crippen LogP contribution in [0.5, 0.6) is 0 Å². The highest BCUT2D eigenvalue weighted by Gasteiger charge is 2.37. The molecule has 116 valence electrons. The first-order chi connectivity index (χ1) is 10.3. The molecular weight excluding hydrogens is 260 g/mol. The molecule has 1 aliphatic heterocycles. The van der Waals surface area contributed by atoms with E-state index in [1.807, 2.05) is 0 Å². The molecule has 1 aromatic rings. The van der Waals surface area contributed by atoms with E-state index in [1.165, 1.54) is 38.5 Å². The Morgan fingerprint density at radius 3 is 2.48 bits per heavy atom. The number of nitrogens with one attached hydrogen (secondary N) is 1. The van der Waals surface area contributed by atoms with E-state index in [1.54, 1.807) is 0 Å². The summed E-state index contributed by atoms with van der Waals surface area (Å²) in [4.78, 5) is 2.42. The maximum Gasteiger partial charge on any atom is 0.151 e. The van der Waals surface area contributed by atoms with Gasteiger partial charge in [0, 0.05) is 19.6 Å². The maximum absolute atomic E-state index is 4.43. The summed E-state index contributed by atoms with van der Waals surface area (Å²) in [5.41, 5.74) is 1.71. The van der Waals surface area contributed by atoms with Crippen molar-refractivity contribution < 1.29 is 0 Å². The summed E-state index contributed by atoms with van der Waals surface area (Å²) in [6.45, 7) is 6.35. The average molecular weight is 288 g/mol. The van der Waals surface area contributed by atoms with E-state index >= 15 is 0 Å². The molecule has 3 rings (SSSR count). The molecule has 1 saturated carbocycles. The normalized spacial score (nSPS) is 21.1. The fraction of sp³-hybridized carbons (Fsp3) is 0.765. The van der Waals surface area contributed by atoms with Crippen molar-refractivity contribution in [1.82, 2.24) is 15.5 Å². The predicted octanol–water partition coefficient (Wildman–Crippen LogP) is 3.14. The van der Waals surface area contributed by atoms with Crippen molar-refractivity contribution in [3.63, 3.8) is 0 Å². The molecule has 1 N–H and O–H groups in total. The smallest absolute Gasteiger partial charge is 0.151 e. The minimum absolute atomic E-state index is 0.675. The van der Waals surface area contributed by atoms with Crippen LogP contribution in [-0.4, -0.2) is 29.8 Å². The zero-order valence-corrected chi connectivity index (χ0v) is 13.3. The molecule has 0 radical (unpaired) electrons. The molecule has 1 aliphatic carbocycles. The topological polar surface area (TPSA) is 41.0 Å². The van der Waals surface area contributed by atoms with Gasteiger partial charge in [-0.15, -0.1) is 5.10 Å². The lowest BCUT2D eigenvalue weighted by molar-refractivity contribution is 0.226. The number of piperidine rings is 1. The van der Waals surface area contributed by atoms with Crippen LogP contribution in [0.15, 0.2) is 12.1 Å². The summed E-state index contributed by atoms with van der Waals surface area (Å²) in [7, 11) is 0. The van der Waals surface area contributed by atoms with Crippen molar-refractivity contribution in [3.8, 4) is 0 Å². The molecule has 2 heterocycles. The van der Waals surface area contributed by atoms with E-state index in [-0.39, 0.29) is 0 Å². The van der Waals surface area contributed by atoms with Gasteiger partial charge in [-0.2, -0.15) is 5.10 Å². The molecule has 21 heavy (non-hydrogen) atoms. The summed E-state index contributed by atoms with van der Waals surface area (Å²) in [5, 5.41) is 12.2. The van der Waals surface area contributed by atoms with Gasteiger partial charge in [-0.05, 0) is 56.2 Å². The van der Waals surface area contributed by atoms with Crippen molar-refractivity contribution >= 4 is 5.82 Å². The standard InChI is InChI=1S/C17H28N4/c1-2-11-18-14-15-5-6-16(20-19-15)21-12-9-17(10-13-21)7-3-4-8-17/h5-6,18H,2-4,7-14H2,1H3. The Bertz CT molecular complexity index is 427. The van der Waals surface area contributed by atoms with Crippen LogP contribution in [0, 0.1) is 5.41 Å². The third-order valence-corrected chi connectivity index (χ3v) is 5.25. The van der Waals surface area contributed by atoms with Crippen LogP contribution < -0.4 is 10.2 Å². The Balaban J connectivity index is 1.53. The molecule has 1 saturated heterocycles. The first-order valence-electron chi connectivity index (χ1n) is 8.60. The third-order valence-electron chi connectivity index (χ3n) is 5.25. The fourth-order valence-corrected chi connectivity index (χ4v) is 3.84. The quantitative estimate of drug-likeness (QED) is 0.845. The van der Waals surface area contributed by atoms with Crippen LogP contribution in [0.25, 0.3) is 0 Å². The van der Waals surface area contributed by atoms with Gasteiger partial charge in [-0.25, -0.2) is 0 Å². The molecule has 0 aromatic carbocycles. The molecule has 4 heteroatoms. The highest BCUT2D eigenvalue weighted by Crippen LogP contribution is 2.46. The highest BCUT2D eigenvalue weighted by molar-refractivity contribution is 5.38. The van der Waals surface area contributed by atoms with E-state index in [0.29, 0.717) is 5.41 Å². The Kier molecular flexibility index (Phi) is 4.73. The van der Waals surface area contributed by atoms with Gasteiger partial charge in [0.2, 0.25) is 0 Å². The van der Waals surface area contributed by atoms with Crippen LogP contribution in [0.4, 0.5) is 5.82 Å². The summed E-state index contributed by atoms with van der Waals surface area (Å²) in [6, 6.07) is 4.26. The number of nitrogens with zero attached hydrogens (tertiary/aromatic N) is 3. The predicted molar refractivity (Wildman–Crippen MR) is 86.4 cm³/mol. The van der Waals surface area contributed by atoms with Crippen molar-refractivity contribution in [2.24, 2.45) is 5.41 Å². The molecular formula is C17H28N4. The first kappa shape index (κ1) is 14.8. The number of aromatic nitrogens is 2. The van der Waals surface area contributed by atoms with Gasteiger partial charge < -0.3 is 10.2 Å². The van der Waals surface area contributed by atoms with Crippen LogP contribution in [-0.2, 0) is 6.54 Å². The molecule has 0 atom stereocenters. The Morgan fingerprint density at radius 1 is 1.10 bits per heavy atom. The molecule has 1 aromatic heterocycles. The van der Waals surface area contributed by atoms with E-state index in [9.17, 15) is 0 Å². The minimum Gasteiger partial charge on any atom is -0.355 e. The summed E-state index contributed by atoms with van der Waals surface area (Å²) in [6.07, 6.45) is 9.63. The Labute approximate surface area is 128 Å². The second-order valence-corrected chi connectivity index (χ2v) is 6.75. The highest BCUT2D eigenvalue weighted by atomic mass is 15.3. The molecule has 2 aliphatic rings. The number of hydrogen-bond donors (Lipinski definition) is 1. The van der Waals surface area contributed by atoms with Crippen LogP contribution in [0.1, 0.15) is 57.6 Å². The summed E-state index contributed by atoms with van der Waals surface area (Å²) < 4.78 is 0. The Hall–Kier alpha value is -1.16. The SMILES string of the molecule is CCCNCc1ccc(N2CCC3(CCCC3)CC2)nn1. The zero-order chi connectivity index (χ0) is 14.5. The molecule has 1 spiro atoms. The van der Waals surface area contributed by atoms with E-state index < -0.39 is 0 Å². The lowest BCUT2D eigenvalue weighted by atomic mass is 9.77. The van der Waals surface area contributed by atoms with Crippen molar-refractivity contribution in [2.75, 3.05) is 24.5 Å². The fourth-order valence-electron chi connectivity index (χ4n) is 3.84. The lowest BCUT2D eigenvalue weighted by Gasteiger charge is -2.39. The van der Waals surface area contributed by atoms with E-state index in [0.717, 1.165) is 44.1 Å². The summed E-state index contributed by atoms with van der Waals surface area (Å²) >= 11 is 0. The number of rotatable bonds is 5. The average Bonchev–Trinajstić information content (AvgIpc) is 2.97. The van der Waals surface area contributed by atoms with Gasteiger partial charge >= 0.3 is 0 Å². The van der Waals surface area contributed by atoms with Crippen molar-refractivity contribution in [1.29, 1.82) is 0 Å². The number of hydrogen-bond acceptors (Lipinski definition) is 4. The van der Waals surface area contributed by atoms with Crippen LogP contribution in [0.2, 0.25) is 0 Å².